The number of carbonyl (C=O) groups is 1. The van der Waals surface area contributed by atoms with Crippen molar-refractivity contribution in [2.45, 2.75) is 6.54 Å². The van der Waals surface area contributed by atoms with Gasteiger partial charge in [0.25, 0.3) is 0 Å². The summed E-state index contributed by atoms with van der Waals surface area (Å²) in [6.45, 7) is 0.161. The molecule has 3 N–H and O–H groups in total. The van der Waals surface area contributed by atoms with Gasteiger partial charge in [-0.15, -0.1) is 5.10 Å². The van der Waals surface area contributed by atoms with Crippen LogP contribution in [0.1, 0.15) is 16.3 Å². The average Bonchev–Trinajstić information content (AvgIpc) is 2.76. The van der Waals surface area contributed by atoms with Gasteiger partial charge in [0.1, 0.15) is 6.54 Å². The van der Waals surface area contributed by atoms with Gasteiger partial charge in [-0.25, -0.2) is 9.48 Å². The number of carboxylic acid groups (broad SMARTS) is 1. The molecule has 2 aromatic heterocycles. The molecule has 0 radical (unpaired) electrons. The normalized spacial score (nSPS) is 10.4. The minimum atomic E-state index is -1.14. The number of anilines is 2. The molecule has 0 saturated carbocycles. The fourth-order valence-electron chi connectivity index (χ4n) is 1.31. The third-order valence-corrected chi connectivity index (χ3v) is 2.15. The number of nitrogens with zero attached hydrogens (tertiary/aromatic N) is 7. The first kappa shape index (κ1) is 12.7. The van der Waals surface area contributed by atoms with E-state index in [1.54, 1.807) is 19.0 Å². The van der Waals surface area contributed by atoms with E-state index in [-0.39, 0.29) is 18.2 Å². The van der Waals surface area contributed by atoms with Gasteiger partial charge in [0.2, 0.25) is 11.9 Å². The Morgan fingerprint density at radius 3 is 2.74 bits per heavy atom. The quantitative estimate of drug-likeness (QED) is 0.701. The van der Waals surface area contributed by atoms with Crippen molar-refractivity contribution in [2.24, 2.45) is 0 Å². The van der Waals surface area contributed by atoms with Gasteiger partial charge >= 0.3 is 5.97 Å². The van der Waals surface area contributed by atoms with Gasteiger partial charge in [0.05, 0.1) is 6.20 Å². The maximum absolute atomic E-state index is 10.7. The molecule has 0 aliphatic heterocycles. The minimum Gasteiger partial charge on any atom is -0.476 e. The van der Waals surface area contributed by atoms with Crippen LogP contribution in [0.3, 0.4) is 0 Å². The lowest BCUT2D eigenvalue weighted by atomic mass is 10.5. The van der Waals surface area contributed by atoms with E-state index in [1.807, 2.05) is 0 Å². The number of aromatic carboxylic acids is 1. The van der Waals surface area contributed by atoms with E-state index in [9.17, 15) is 4.79 Å². The molecule has 0 amide bonds. The lowest BCUT2D eigenvalue weighted by Gasteiger charge is -2.11. The van der Waals surface area contributed by atoms with Gasteiger partial charge in [-0.3, -0.25) is 0 Å². The largest absolute Gasteiger partial charge is 0.476 e. The first-order valence-electron chi connectivity index (χ1n) is 5.27. The zero-order valence-electron chi connectivity index (χ0n) is 10.3. The molecular weight excluding hydrogens is 252 g/mol. The van der Waals surface area contributed by atoms with E-state index in [2.05, 4.69) is 25.3 Å². The van der Waals surface area contributed by atoms with Crippen molar-refractivity contribution >= 4 is 17.9 Å². The van der Waals surface area contributed by atoms with Crippen molar-refractivity contribution in [3.05, 3.63) is 17.7 Å². The number of hydrogen-bond acceptors (Lipinski definition) is 8. The smallest absolute Gasteiger partial charge is 0.358 e. The van der Waals surface area contributed by atoms with Gasteiger partial charge in [0.15, 0.2) is 11.5 Å². The molecule has 2 aromatic rings. The number of carboxylic acids is 1. The lowest BCUT2D eigenvalue weighted by molar-refractivity contribution is 0.0690. The maximum atomic E-state index is 10.7. The van der Waals surface area contributed by atoms with E-state index in [1.165, 1.54) is 10.9 Å². The molecule has 0 aliphatic rings. The summed E-state index contributed by atoms with van der Waals surface area (Å²) in [5, 5.41) is 15.9. The molecule has 0 fully saturated rings. The van der Waals surface area contributed by atoms with Crippen LogP contribution in [-0.4, -0.2) is 55.1 Å². The van der Waals surface area contributed by atoms with Crippen LogP contribution < -0.4 is 10.6 Å². The van der Waals surface area contributed by atoms with Crippen LogP contribution in [-0.2, 0) is 6.54 Å². The third-order valence-electron chi connectivity index (χ3n) is 2.15. The van der Waals surface area contributed by atoms with Crippen molar-refractivity contribution < 1.29 is 9.90 Å². The number of rotatable bonds is 4. The zero-order valence-corrected chi connectivity index (χ0v) is 10.3. The molecule has 0 unspecified atom stereocenters. The predicted octanol–water partition coefficient (Wildman–Crippen LogP) is -1.14. The SMILES string of the molecule is CN(C)c1nc(N)nc(Cn2cc(C(=O)O)nn2)n1. The topological polar surface area (TPSA) is 136 Å². The van der Waals surface area contributed by atoms with Crippen LogP contribution in [0.5, 0.6) is 0 Å². The average molecular weight is 264 g/mol. The van der Waals surface area contributed by atoms with Crippen LogP contribution in [0.4, 0.5) is 11.9 Å². The highest BCUT2D eigenvalue weighted by Gasteiger charge is 2.11. The van der Waals surface area contributed by atoms with Crippen molar-refractivity contribution in [2.75, 3.05) is 24.7 Å². The van der Waals surface area contributed by atoms with E-state index in [4.69, 9.17) is 10.8 Å². The summed E-state index contributed by atoms with van der Waals surface area (Å²) in [7, 11) is 3.55. The molecule has 0 saturated heterocycles. The number of nitrogen functional groups attached to an aromatic ring is 1. The highest BCUT2D eigenvalue weighted by Crippen LogP contribution is 2.06. The zero-order chi connectivity index (χ0) is 14.0. The molecule has 2 heterocycles. The first-order chi connectivity index (χ1) is 8.95. The Balaban J connectivity index is 2.24. The van der Waals surface area contributed by atoms with Crippen molar-refractivity contribution in [1.82, 2.24) is 29.9 Å². The summed E-state index contributed by atoms with van der Waals surface area (Å²) in [6.07, 6.45) is 1.29. The van der Waals surface area contributed by atoms with Crippen LogP contribution in [0, 0.1) is 0 Å². The van der Waals surface area contributed by atoms with Gasteiger partial charge in [0, 0.05) is 14.1 Å². The molecule has 0 aliphatic carbocycles. The fraction of sp³-hybridized carbons (Fsp3) is 0.333. The Kier molecular flexibility index (Phi) is 3.23. The summed E-state index contributed by atoms with van der Waals surface area (Å²) in [4.78, 5) is 24.4. The van der Waals surface area contributed by atoms with Crippen molar-refractivity contribution in [1.29, 1.82) is 0 Å². The number of hydrogen-bond donors (Lipinski definition) is 2. The van der Waals surface area contributed by atoms with Crippen LogP contribution >= 0.6 is 0 Å². The van der Waals surface area contributed by atoms with Crippen LogP contribution in [0.25, 0.3) is 0 Å². The molecule has 10 nitrogen and oxygen atoms in total. The maximum Gasteiger partial charge on any atom is 0.358 e. The molecule has 0 atom stereocenters. The summed E-state index contributed by atoms with van der Waals surface area (Å²) in [6, 6.07) is 0. The molecule has 100 valence electrons. The molecule has 0 aromatic carbocycles. The Morgan fingerprint density at radius 1 is 1.42 bits per heavy atom. The third kappa shape index (κ3) is 2.91. The van der Waals surface area contributed by atoms with Crippen molar-refractivity contribution in [3.63, 3.8) is 0 Å². The van der Waals surface area contributed by atoms with E-state index in [0.29, 0.717) is 11.8 Å². The number of aromatic nitrogens is 6. The molecule has 10 heteroatoms. The van der Waals surface area contributed by atoms with Gasteiger partial charge in [-0.2, -0.15) is 15.0 Å². The van der Waals surface area contributed by atoms with E-state index in [0.717, 1.165) is 0 Å². The molecule has 0 bridgehead atoms. The van der Waals surface area contributed by atoms with Gasteiger partial charge in [-0.1, -0.05) is 5.21 Å². The summed E-state index contributed by atoms with van der Waals surface area (Å²) >= 11 is 0. The Labute approximate surface area is 107 Å². The molecular formula is C9H12N8O2. The predicted molar refractivity (Wildman–Crippen MR) is 64.6 cm³/mol. The Hall–Kier alpha value is -2.78. The second-order valence-electron chi connectivity index (χ2n) is 3.91. The van der Waals surface area contributed by atoms with Gasteiger partial charge < -0.3 is 15.7 Å². The van der Waals surface area contributed by atoms with Gasteiger partial charge in [-0.05, 0) is 0 Å². The first-order valence-corrected chi connectivity index (χ1v) is 5.27. The minimum absolute atomic E-state index is 0.0901. The second-order valence-corrected chi connectivity index (χ2v) is 3.91. The summed E-state index contributed by atoms with van der Waals surface area (Å²) in [5.74, 6) is -0.262. The summed E-state index contributed by atoms with van der Waals surface area (Å²) in [5.41, 5.74) is 5.43. The van der Waals surface area contributed by atoms with Crippen LogP contribution in [0.15, 0.2) is 6.20 Å². The highest BCUT2D eigenvalue weighted by atomic mass is 16.4. The monoisotopic (exact) mass is 264 g/mol. The van der Waals surface area contributed by atoms with Crippen molar-refractivity contribution in [3.8, 4) is 0 Å². The highest BCUT2D eigenvalue weighted by molar-refractivity contribution is 5.84. The Morgan fingerprint density at radius 2 is 2.16 bits per heavy atom. The fourth-order valence-corrected chi connectivity index (χ4v) is 1.31. The standard InChI is InChI=1S/C9H12N8O2/c1-16(2)9-12-6(11-8(10)13-9)4-17-3-5(7(18)19)14-15-17/h3H,4H2,1-2H3,(H,18,19)(H2,10,11,12,13). The van der Waals surface area contributed by atoms with E-state index >= 15 is 0 Å². The van der Waals surface area contributed by atoms with E-state index < -0.39 is 5.97 Å². The molecule has 0 spiro atoms. The molecule has 2 rings (SSSR count). The summed E-state index contributed by atoms with van der Waals surface area (Å²) < 4.78 is 1.32. The second kappa shape index (κ2) is 4.84. The lowest BCUT2D eigenvalue weighted by Crippen LogP contribution is -2.17. The number of nitrogens with two attached hydrogens (primary N) is 1. The molecule has 19 heavy (non-hydrogen) atoms. The van der Waals surface area contributed by atoms with Crippen LogP contribution in [0.2, 0.25) is 0 Å². The Bertz CT molecular complexity index is 608.